The van der Waals surface area contributed by atoms with Crippen LogP contribution in [0.15, 0.2) is 28.1 Å². The predicted molar refractivity (Wildman–Crippen MR) is 78.8 cm³/mol. The summed E-state index contributed by atoms with van der Waals surface area (Å²) >= 11 is 16.1. The molecule has 7 heteroatoms. The number of rotatable bonds is 3. The second kappa shape index (κ2) is 6.02. The summed E-state index contributed by atoms with van der Waals surface area (Å²) in [4.78, 5) is 16.1. The van der Waals surface area contributed by atoms with Crippen LogP contribution in [0, 0.1) is 0 Å². The van der Waals surface area contributed by atoms with Crippen molar-refractivity contribution < 1.29 is 4.79 Å². The average Bonchev–Trinajstić information content (AvgIpc) is 2.76. The number of nitrogens with one attached hydrogen (secondary N) is 1. The molecule has 0 fully saturated rings. The van der Waals surface area contributed by atoms with Gasteiger partial charge in [-0.05, 0) is 34.1 Å². The van der Waals surface area contributed by atoms with E-state index in [-0.39, 0.29) is 5.91 Å². The van der Waals surface area contributed by atoms with Crippen molar-refractivity contribution in [1.29, 1.82) is 0 Å². The fourth-order valence-electron chi connectivity index (χ4n) is 1.26. The molecular formula is C11H7BrCl2N2OS. The highest BCUT2D eigenvalue weighted by Crippen LogP contribution is 2.23. The molecule has 1 N–H and O–H groups in total. The molecule has 1 heterocycles. The number of benzene rings is 1. The quantitative estimate of drug-likeness (QED) is 0.810. The van der Waals surface area contributed by atoms with Crippen LogP contribution >= 0.6 is 50.5 Å². The van der Waals surface area contributed by atoms with Crippen LogP contribution in [-0.2, 0) is 5.88 Å². The molecule has 1 aromatic heterocycles. The van der Waals surface area contributed by atoms with Gasteiger partial charge in [-0.3, -0.25) is 10.1 Å². The van der Waals surface area contributed by atoms with Gasteiger partial charge in [0.25, 0.3) is 5.91 Å². The molecule has 0 aliphatic carbocycles. The van der Waals surface area contributed by atoms with Gasteiger partial charge in [-0.15, -0.1) is 22.9 Å². The third-order valence-corrected chi connectivity index (χ3v) is 4.06. The maximum atomic E-state index is 12.0. The van der Waals surface area contributed by atoms with Crippen molar-refractivity contribution in [2.75, 3.05) is 5.32 Å². The van der Waals surface area contributed by atoms with Crippen LogP contribution in [0.5, 0.6) is 0 Å². The van der Waals surface area contributed by atoms with Crippen molar-refractivity contribution in [2.45, 2.75) is 5.88 Å². The van der Waals surface area contributed by atoms with Crippen molar-refractivity contribution in [1.82, 2.24) is 4.98 Å². The standard InChI is InChI=1S/C11H7BrCl2N2OS/c12-9-3-6(14)1-2-8(9)10(17)16-11-15-7(4-13)5-18-11/h1-3,5H,4H2,(H,15,16,17). The first-order valence-electron chi connectivity index (χ1n) is 4.87. The lowest BCUT2D eigenvalue weighted by Gasteiger charge is -2.04. The fraction of sp³-hybridized carbons (Fsp3) is 0.0909. The number of nitrogens with zero attached hydrogens (tertiary/aromatic N) is 1. The molecule has 0 aliphatic heterocycles. The van der Waals surface area contributed by atoms with Gasteiger partial charge in [0.15, 0.2) is 5.13 Å². The molecule has 0 saturated heterocycles. The van der Waals surface area contributed by atoms with Crippen LogP contribution < -0.4 is 5.32 Å². The number of anilines is 1. The van der Waals surface area contributed by atoms with Crippen molar-refractivity contribution in [3.8, 4) is 0 Å². The second-order valence-electron chi connectivity index (χ2n) is 3.36. The lowest BCUT2D eigenvalue weighted by Crippen LogP contribution is -2.12. The third kappa shape index (κ3) is 3.23. The molecule has 1 amide bonds. The Bertz CT molecular complexity index is 588. The van der Waals surface area contributed by atoms with E-state index in [1.54, 1.807) is 23.6 Å². The monoisotopic (exact) mass is 364 g/mol. The smallest absolute Gasteiger partial charge is 0.258 e. The van der Waals surface area contributed by atoms with E-state index in [1.807, 2.05) is 0 Å². The van der Waals surface area contributed by atoms with Gasteiger partial charge in [0.1, 0.15) is 0 Å². The second-order valence-corrected chi connectivity index (χ2v) is 5.77. The zero-order chi connectivity index (χ0) is 13.1. The first-order valence-corrected chi connectivity index (χ1v) is 7.45. The molecule has 0 aliphatic rings. The maximum Gasteiger partial charge on any atom is 0.258 e. The Hall–Kier alpha value is -0.620. The van der Waals surface area contributed by atoms with E-state index < -0.39 is 0 Å². The minimum Gasteiger partial charge on any atom is -0.298 e. The molecular weight excluding hydrogens is 359 g/mol. The molecule has 18 heavy (non-hydrogen) atoms. The van der Waals surface area contributed by atoms with Crippen LogP contribution in [-0.4, -0.2) is 10.9 Å². The maximum absolute atomic E-state index is 12.0. The molecule has 0 radical (unpaired) electrons. The van der Waals surface area contributed by atoms with E-state index in [0.29, 0.717) is 26.1 Å². The first kappa shape index (κ1) is 13.8. The number of amides is 1. The number of halogens is 3. The molecule has 3 nitrogen and oxygen atoms in total. The van der Waals surface area contributed by atoms with Crippen LogP contribution in [0.25, 0.3) is 0 Å². The van der Waals surface area contributed by atoms with Crippen LogP contribution in [0.1, 0.15) is 16.1 Å². The van der Waals surface area contributed by atoms with Gasteiger partial charge in [0, 0.05) is 14.9 Å². The average molecular weight is 366 g/mol. The Labute approximate surface area is 126 Å². The lowest BCUT2D eigenvalue weighted by molar-refractivity contribution is 0.102. The predicted octanol–water partition coefficient (Wildman–Crippen LogP) is 4.55. The summed E-state index contributed by atoms with van der Waals surface area (Å²) < 4.78 is 0.640. The van der Waals surface area contributed by atoms with Crippen molar-refractivity contribution in [3.05, 3.63) is 44.3 Å². The van der Waals surface area contributed by atoms with E-state index in [1.165, 1.54) is 11.3 Å². The number of alkyl halides is 1. The topological polar surface area (TPSA) is 42.0 Å². The number of carbonyl (C=O) groups excluding carboxylic acids is 1. The van der Waals surface area contributed by atoms with E-state index in [4.69, 9.17) is 23.2 Å². The zero-order valence-electron chi connectivity index (χ0n) is 8.91. The molecule has 0 spiro atoms. The summed E-state index contributed by atoms with van der Waals surface area (Å²) in [6, 6.07) is 4.98. The van der Waals surface area contributed by atoms with Gasteiger partial charge in [-0.25, -0.2) is 4.98 Å². The first-order chi connectivity index (χ1) is 8.60. The van der Waals surface area contributed by atoms with E-state index in [0.717, 1.165) is 5.69 Å². The van der Waals surface area contributed by atoms with Crippen LogP contribution in [0.4, 0.5) is 5.13 Å². The Morgan fingerprint density at radius 3 is 2.89 bits per heavy atom. The summed E-state index contributed by atoms with van der Waals surface area (Å²) in [5.74, 6) is 0.0887. The molecule has 0 unspecified atom stereocenters. The number of carbonyl (C=O) groups is 1. The molecule has 2 aromatic rings. The van der Waals surface area contributed by atoms with Gasteiger partial charge in [0.05, 0.1) is 17.1 Å². The molecule has 2 rings (SSSR count). The third-order valence-electron chi connectivity index (χ3n) is 2.08. The zero-order valence-corrected chi connectivity index (χ0v) is 12.8. The van der Waals surface area contributed by atoms with Crippen LogP contribution in [0.3, 0.4) is 0 Å². The minimum atomic E-state index is -0.242. The number of hydrogen-bond donors (Lipinski definition) is 1. The molecule has 1 aromatic carbocycles. The Kier molecular flexibility index (Phi) is 4.61. The van der Waals surface area contributed by atoms with Gasteiger partial charge in [0.2, 0.25) is 0 Å². The summed E-state index contributed by atoms with van der Waals surface area (Å²) in [7, 11) is 0. The van der Waals surface area contributed by atoms with Crippen molar-refractivity contribution >= 4 is 61.5 Å². The largest absolute Gasteiger partial charge is 0.298 e. The van der Waals surface area contributed by atoms with Crippen molar-refractivity contribution in [2.24, 2.45) is 0 Å². The fourth-order valence-corrected chi connectivity index (χ4v) is 3.06. The van der Waals surface area contributed by atoms with Gasteiger partial charge in [-0.1, -0.05) is 11.6 Å². The molecule has 94 valence electrons. The highest BCUT2D eigenvalue weighted by molar-refractivity contribution is 9.10. The molecule has 0 atom stereocenters. The molecule has 0 bridgehead atoms. The Morgan fingerprint density at radius 1 is 1.50 bits per heavy atom. The SMILES string of the molecule is O=C(Nc1nc(CCl)cs1)c1ccc(Cl)cc1Br. The lowest BCUT2D eigenvalue weighted by atomic mass is 10.2. The number of aromatic nitrogens is 1. The summed E-state index contributed by atoms with van der Waals surface area (Å²) in [5.41, 5.74) is 1.24. The number of hydrogen-bond acceptors (Lipinski definition) is 3. The van der Waals surface area contributed by atoms with E-state index in [2.05, 4.69) is 26.2 Å². The highest BCUT2D eigenvalue weighted by atomic mass is 79.9. The number of thiazole rings is 1. The Balaban J connectivity index is 2.16. The summed E-state index contributed by atoms with van der Waals surface area (Å²) in [6.07, 6.45) is 0. The van der Waals surface area contributed by atoms with Crippen molar-refractivity contribution in [3.63, 3.8) is 0 Å². The Morgan fingerprint density at radius 2 is 2.28 bits per heavy atom. The van der Waals surface area contributed by atoms with Gasteiger partial charge >= 0.3 is 0 Å². The van der Waals surface area contributed by atoms with E-state index >= 15 is 0 Å². The minimum absolute atomic E-state index is 0.242. The van der Waals surface area contributed by atoms with Gasteiger partial charge < -0.3 is 0 Å². The van der Waals surface area contributed by atoms with Crippen LogP contribution in [0.2, 0.25) is 5.02 Å². The summed E-state index contributed by atoms with van der Waals surface area (Å²) in [5, 5.41) is 5.61. The normalized spacial score (nSPS) is 10.4. The summed E-state index contributed by atoms with van der Waals surface area (Å²) in [6.45, 7) is 0. The van der Waals surface area contributed by atoms with E-state index in [9.17, 15) is 4.79 Å². The molecule has 0 saturated carbocycles. The highest BCUT2D eigenvalue weighted by Gasteiger charge is 2.12. The van der Waals surface area contributed by atoms with Gasteiger partial charge in [-0.2, -0.15) is 0 Å².